The first-order valence-corrected chi connectivity index (χ1v) is 7.59. The van der Waals surface area contributed by atoms with Crippen molar-refractivity contribution in [3.05, 3.63) is 29.7 Å². The molecule has 0 bridgehead atoms. The Hall–Kier alpha value is -2.41. The summed E-state index contributed by atoms with van der Waals surface area (Å²) in [4.78, 5) is 12.3. The molecule has 3 N–H and O–H groups in total. The highest BCUT2D eigenvalue weighted by Crippen LogP contribution is 2.38. The third-order valence-corrected chi connectivity index (χ3v) is 3.95. The fourth-order valence-electron chi connectivity index (χ4n) is 2.55. The van der Waals surface area contributed by atoms with Crippen LogP contribution in [0.5, 0.6) is 11.5 Å². The van der Waals surface area contributed by atoms with Crippen LogP contribution in [0.3, 0.4) is 0 Å². The Balaban J connectivity index is 0.00000208. The lowest BCUT2D eigenvalue weighted by Crippen LogP contribution is -2.12. The average molecular weight is 354 g/mol. The molecule has 0 atom stereocenters. The molecule has 0 saturated heterocycles. The lowest BCUT2D eigenvalue weighted by atomic mass is 9.99. The largest absolute Gasteiger partial charge is 0.454 e. The van der Waals surface area contributed by atoms with E-state index in [1.54, 1.807) is 18.2 Å². The highest BCUT2D eigenvalue weighted by molar-refractivity contribution is 6.04. The van der Waals surface area contributed by atoms with Gasteiger partial charge in [-0.2, -0.15) is 0 Å². The Labute approximate surface area is 145 Å². The fraction of sp³-hybridized carbons (Fsp3) is 0.375. The van der Waals surface area contributed by atoms with Gasteiger partial charge in [0.2, 0.25) is 12.6 Å². The second-order valence-corrected chi connectivity index (χ2v) is 5.38. The predicted octanol–water partition coefficient (Wildman–Crippen LogP) is 3.56. The standard InChI is InChI=1S/C16H19N3O4.ClH/c1-3-9(4-2)11-6-15(23-19-11)16(20)18-12-7-14-13(5-10(12)17)21-8-22-14;/h5-7,9H,3-4,8,17H2,1-2H3,(H,18,20);1H. The molecule has 1 amide bonds. The summed E-state index contributed by atoms with van der Waals surface area (Å²) in [5.41, 5.74) is 7.55. The molecule has 3 rings (SSSR count). The van der Waals surface area contributed by atoms with Crippen LogP contribution in [-0.2, 0) is 0 Å². The maximum atomic E-state index is 12.3. The number of carbonyl (C=O) groups excluding carboxylic acids is 1. The van der Waals surface area contributed by atoms with Gasteiger partial charge in [-0.3, -0.25) is 4.79 Å². The van der Waals surface area contributed by atoms with E-state index in [4.69, 9.17) is 19.7 Å². The number of benzene rings is 1. The van der Waals surface area contributed by atoms with Gasteiger partial charge in [0.15, 0.2) is 11.5 Å². The van der Waals surface area contributed by atoms with Crippen LogP contribution >= 0.6 is 12.4 Å². The van der Waals surface area contributed by atoms with Crippen molar-refractivity contribution in [3.63, 3.8) is 0 Å². The topological polar surface area (TPSA) is 99.6 Å². The molecule has 24 heavy (non-hydrogen) atoms. The van der Waals surface area contributed by atoms with E-state index in [2.05, 4.69) is 24.3 Å². The third-order valence-electron chi connectivity index (χ3n) is 3.95. The lowest BCUT2D eigenvalue weighted by Gasteiger charge is -2.08. The Kier molecular flexibility index (Phi) is 5.56. The van der Waals surface area contributed by atoms with E-state index in [1.807, 2.05) is 0 Å². The number of hydrogen-bond donors (Lipinski definition) is 2. The highest BCUT2D eigenvalue weighted by Gasteiger charge is 2.20. The molecule has 130 valence electrons. The van der Waals surface area contributed by atoms with Crippen LogP contribution in [0, 0.1) is 0 Å². The van der Waals surface area contributed by atoms with Gasteiger partial charge >= 0.3 is 0 Å². The first-order valence-electron chi connectivity index (χ1n) is 7.59. The van der Waals surface area contributed by atoms with Crippen molar-refractivity contribution in [2.75, 3.05) is 17.8 Å². The molecule has 8 heteroatoms. The number of rotatable bonds is 5. The summed E-state index contributed by atoms with van der Waals surface area (Å²) in [7, 11) is 0. The van der Waals surface area contributed by atoms with Crippen molar-refractivity contribution in [1.29, 1.82) is 0 Å². The maximum absolute atomic E-state index is 12.3. The summed E-state index contributed by atoms with van der Waals surface area (Å²) >= 11 is 0. The van der Waals surface area contributed by atoms with Crippen molar-refractivity contribution in [2.24, 2.45) is 0 Å². The Bertz CT molecular complexity index is 728. The summed E-state index contributed by atoms with van der Waals surface area (Å²) in [5.74, 6) is 1.15. The quantitative estimate of drug-likeness (QED) is 0.797. The number of fused-ring (bicyclic) bond motifs is 1. The number of nitrogen functional groups attached to an aromatic ring is 1. The Morgan fingerprint density at radius 1 is 1.25 bits per heavy atom. The lowest BCUT2D eigenvalue weighted by molar-refractivity contribution is 0.0988. The van der Waals surface area contributed by atoms with E-state index in [1.165, 1.54) is 0 Å². The minimum Gasteiger partial charge on any atom is -0.454 e. The molecule has 0 spiro atoms. The third kappa shape index (κ3) is 3.41. The zero-order valence-corrected chi connectivity index (χ0v) is 14.3. The fourth-order valence-corrected chi connectivity index (χ4v) is 2.55. The molecule has 1 aromatic heterocycles. The van der Waals surface area contributed by atoms with E-state index < -0.39 is 5.91 Å². The molecule has 1 aromatic carbocycles. The number of anilines is 2. The summed E-state index contributed by atoms with van der Waals surface area (Å²) in [6.45, 7) is 4.30. The van der Waals surface area contributed by atoms with Crippen molar-refractivity contribution in [1.82, 2.24) is 5.16 Å². The Morgan fingerprint density at radius 3 is 2.58 bits per heavy atom. The molecular weight excluding hydrogens is 334 g/mol. The minimum absolute atomic E-state index is 0. The molecule has 0 aliphatic carbocycles. The molecule has 2 aromatic rings. The second-order valence-electron chi connectivity index (χ2n) is 5.38. The molecule has 0 unspecified atom stereocenters. The highest BCUT2D eigenvalue weighted by atomic mass is 35.5. The van der Waals surface area contributed by atoms with Crippen LogP contribution in [0.4, 0.5) is 11.4 Å². The van der Waals surface area contributed by atoms with E-state index in [0.717, 1.165) is 18.5 Å². The number of aromatic nitrogens is 1. The van der Waals surface area contributed by atoms with Crippen molar-refractivity contribution in [3.8, 4) is 11.5 Å². The number of hydrogen-bond acceptors (Lipinski definition) is 6. The van der Waals surface area contributed by atoms with E-state index in [-0.39, 0.29) is 30.9 Å². The number of nitrogens with zero attached hydrogens (tertiary/aromatic N) is 1. The summed E-state index contributed by atoms with van der Waals surface area (Å²) in [6.07, 6.45) is 1.89. The van der Waals surface area contributed by atoms with Crippen molar-refractivity contribution < 1.29 is 18.8 Å². The van der Waals surface area contributed by atoms with Crippen LogP contribution in [0.25, 0.3) is 0 Å². The minimum atomic E-state index is -0.403. The van der Waals surface area contributed by atoms with Gasteiger partial charge in [0, 0.05) is 24.1 Å². The molecule has 2 heterocycles. The maximum Gasteiger partial charge on any atom is 0.294 e. The van der Waals surface area contributed by atoms with Crippen molar-refractivity contribution >= 4 is 29.7 Å². The summed E-state index contributed by atoms with van der Waals surface area (Å²) < 4.78 is 15.7. The number of halogens is 1. The molecular formula is C16H20ClN3O4. The molecule has 1 aliphatic rings. The number of nitrogens with two attached hydrogens (primary N) is 1. The zero-order valence-electron chi connectivity index (χ0n) is 13.5. The molecule has 0 saturated carbocycles. The van der Waals surface area contributed by atoms with E-state index in [0.29, 0.717) is 22.9 Å². The van der Waals surface area contributed by atoms with Crippen LogP contribution in [0.1, 0.15) is 48.9 Å². The van der Waals surface area contributed by atoms with Gasteiger partial charge in [0.1, 0.15) is 0 Å². The zero-order chi connectivity index (χ0) is 16.4. The summed E-state index contributed by atoms with van der Waals surface area (Å²) in [5, 5.41) is 6.70. The molecule has 0 radical (unpaired) electrons. The Morgan fingerprint density at radius 2 is 1.92 bits per heavy atom. The van der Waals surface area contributed by atoms with Gasteiger partial charge < -0.3 is 25.0 Å². The van der Waals surface area contributed by atoms with Gasteiger partial charge in [-0.15, -0.1) is 12.4 Å². The van der Waals surface area contributed by atoms with E-state index in [9.17, 15) is 4.79 Å². The van der Waals surface area contributed by atoms with Gasteiger partial charge in [-0.05, 0) is 12.8 Å². The molecule has 7 nitrogen and oxygen atoms in total. The average Bonchev–Trinajstić information content (AvgIpc) is 3.18. The monoisotopic (exact) mass is 353 g/mol. The molecule has 1 aliphatic heterocycles. The van der Waals surface area contributed by atoms with E-state index >= 15 is 0 Å². The first kappa shape index (κ1) is 17.9. The van der Waals surface area contributed by atoms with Gasteiger partial charge in [-0.1, -0.05) is 19.0 Å². The SMILES string of the molecule is CCC(CC)c1cc(C(=O)Nc2cc3c(cc2N)OCO3)on1.Cl. The predicted molar refractivity (Wildman–Crippen MR) is 92.0 cm³/mol. The molecule has 0 fully saturated rings. The van der Waals surface area contributed by atoms with Gasteiger partial charge in [0.25, 0.3) is 5.91 Å². The number of ether oxygens (including phenoxy) is 2. The van der Waals surface area contributed by atoms with Crippen LogP contribution in [0.2, 0.25) is 0 Å². The number of nitrogens with one attached hydrogen (secondary N) is 1. The second kappa shape index (κ2) is 7.44. The van der Waals surface area contributed by atoms with Crippen LogP contribution in [-0.4, -0.2) is 17.9 Å². The first-order chi connectivity index (χ1) is 11.1. The normalized spacial score (nSPS) is 12.1. The number of amides is 1. The summed E-state index contributed by atoms with van der Waals surface area (Å²) in [6, 6.07) is 4.93. The van der Waals surface area contributed by atoms with Crippen LogP contribution in [0.15, 0.2) is 22.7 Å². The number of carbonyl (C=O) groups is 1. The smallest absolute Gasteiger partial charge is 0.294 e. The van der Waals surface area contributed by atoms with Crippen molar-refractivity contribution in [2.45, 2.75) is 32.6 Å². The van der Waals surface area contributed by atoms with Crippen LogP contribution < -0.4 is 20.5 Å². The van der Waals surface area contributed by atoms with Gasteiger partial charge in [-0.25, -0.2) is 0 Å². The van der Waals surface area contributed by atoms with Gasteiger partial charge in [0.05, 0.1) is 17.1 Å².